The molecule has 0 N–H and O–H groups in total. The summed E-state index contributed by atoms with van der Waals surface area (Å²) in [6, 6.07) is 74.6. The van der Waals surface area contributed by atoms with E-state index >= 15 is 0 Å². The lowest BCUT2D eigenvalue weighted by molar-refractivity contribution is 0.749. The first-order valence-corrected chi connectivity index (χ1v) is 20.5. The molecule has 278 valence electrons. The molecule has 0 unspecified atom stereocenters. The van der Waals surface area contributed by atoms with Crippen LogP contribution in [0.4, 0.5) is 0 Å². The fourth-order valence-electron chi connectivity index (χ4n) is 10.3. The minimum Gasteiger partial charge on any atom is -0.309 e. The Morgan fingerprint density at radius 1 is 0.333 bits per heavy atom. The van der Waals surface area contributed by atoms with Gasteiger partial charge in [-0.05, 0) is 85.6 Å². The molecule has 0 amide bonds. The first-order valence-electron chi connectivity index (χ1n) is 20.5. The number of para-hydroxylation sites is 2. The molecule has 0 bridgehead atoms. The monoisotopic (exact) mass is 762 g/mol. The topological polar surface area (TPSA) is 43.6 Å². The number of hydrogen-bond donors (Lipinski definition) is 0. The Kier molecular flexibility index (Phi) is 6.90. The van der Waals surface area contributed by atoms with Gasteiger partial charge in [0.1, 0.15) is 0 Å². The Morgan fingerprint density at radius 2 is 0.900 bits per heavy atom. The van der Waals surface area contributed by atoms with Crippen LogP contribution in [0.15, 0.2) is 206 Å². The third kappa shape index (κ3) is 4.53. The second kappa shape index (κ2) is 12.5. The summed E-state index contributed by atoms with van der Waals surface area (Å²) in [5.74, 6) is 1.93. The van der Waals surface area contributed by atoms with Crippen LogP contribution in [0.3, 0.4) is 0 Å². The van der Waals surface area contributed by atoms with Crippen LogP contribution in [0.1, 0.15) is 22.3 Å². The standard InChI is InChI=1S/C56H34N4/c1-3-16-35(17-4-1)53-57-54(36-18-5-2-6-19-36)59-55(58-53)45-33-39(32-38-20-7-8-21-40(38)45)37-30-31-51-49(34-37)56(46-26-12-9-22-41(46)42-23-10-13-27-47(42)56)48-28-15-25-44-43-24-11-14-29-50(43)60(51)52(44)48/h1-34H. The number of benzene rings is 9. The molecule has 11 aromatic rings. The predicted molar refractivity (Wildman–Crippen MR) is 244 cm³/mol. The Morgan fingerprint density at radius 3 is 1.62 bits per heavy atom. The molecule has 13 rings (SSSR count). The van der Waals surface area contributed by atoms with Gasteiger partial charge < -0.3 is 4.57 Å². The van der Waals surface area contributed by atoms with Crippen molar-refractivity contribution < 1.29 is 0 Å². The number of rotatable bonds is 4. The molecular weight excluding hydrogens is 729 g/mol. The molecule has 0 radical (unpaired) electrons. The zero-order chi connectivity index (χ0) is 39.4. The maximum Gasteiger partial charge on any atom is 0.164 e. The fraction of sp³-hybridized carbons (Fsp3) is 0.0179. The van der Waals surface area contributed by atoms with Gasteiger partial charge >= 0.3 is 0 Å². The number of aromatic nitrogens is 4. The lowest BCUT2D eigenvalue weighted by Crippen LogP contribution is -2.33. The summed E-state index contributed by atoms with van der Waals surface area (Å²) in [4.78, 5) is 15.4. The van der Waals surface area contributed by atoms with Crippen LogP contribution in [-0.2, 0) is 5.41 Å². The van der Waals surface area contributed by atoms with Gasteiger partial charge in [-0.25, -0.2) is 15.0 Å². The van der Waals surface area contributed by atoms with Crippen molar-refractivity contribution in [2.24, 2.45) is 0 Å². The van der Waals surface area contributed by atoms with E-state index in [9.17, 15) is 0 Å². The van der Waals surface area contributed by atoms with Crippen molar-refractivity contribution in [2.75, 3.05) is 0 Å². The van der Waals surface area contributed by atoms with Crippen molar-refractivity contribution in [1.82, 2.24) is 19.5 Å². The maximum absolute atomic E-state index is 5.21. The fourth-order valence-corrected chi connectivity index (χ4v) is 10.3. The second-order valence-electron chi connectivity index (χ2n) is 15.9. The highest BCUT2D eigenvalue weighted by atomic mass is 15.0. The SMILES string of the molecule is c1ccc(-c2nc(-c3ccccc3)nc(-c3cc(-c4ccc5c(c4)C4(c6ccccc6-c6ccccc64)c4cccc6c7ccccc7n-5c46)cc4ccccc34)n2)cc1. The van der Waals surface area contributed by atoms with Gasteiger partial charge in [0.25, 0.3) is 0 Å². The van der Waals surface area contributed by atoms with Crippen molar-refractivity contribution >= 4 is 32.6 Å². The van der Waals surface area contributed by atoms with Gasteiger partial charge in [0.2, 0.25) is 0 Å². The Labute approximate surface area is 346 Å². The highest BCUT2D eigenvalue weighted by Gasteiger charge is 2.50. The minimum absolute atomic E-state index is 0.536. The molecule has 4 heteroatoms. The van der Waals surface area contributed by atoms with E-state index in [4.69, 9.17) is 15.0 Å². The highest BCUT2D eigenvalue weighted by Crippen LogP contribution is 2.61. The molecule has 1 aliphatic heterocycles. The van der Waals surface area contributed by atoms with Crippen molar-refractivity contribution in [3.8, 4) is 62.1 Å². The minimum atomic E-state index is -0.536. The van der Waals surface area contributed by atoms with Gasteiger partial charge in [-0.3, -0.25) is 0 Å². The second-order valence-corrected chi connectivity index (χ2v) is 15.9. The molecular formula is C56H34N4. The Balaban J connectivity index is 1.10. The van der Waals surface area contributed by atoms with Crippen molar-refractivity contribution in [2.45, 2.75) is 5.41 Å². The van der Waals surface area contributed by atoms with Crippen LogP contribution in [0, 0.1) is 0 Å². The number of hydrogen-bond acceptors (Lipinski definition) is 3. The third-order valence-electron chi connectivity index (χ3n) is 12.8. The van der Waals surface area contributed by atoms with Crippen LogP contribution in [0.2, 0.25) is 0 Å². The molecule has 3 heterocycles. The normalized spacial score (nSPS) is 13.1. The molecule has 0 saturated heterocycles. The molecule has 1 aliphatic carbocycles. The Hall–Kier alpha value is -7.95. The summed E-state index contributed by atoms with van der Waals surface area (Å²) in [6.45, 7) is 0. The largest absolute Gasteiger partial charge is 0.309 e. The predicted octanol–water partition coefficient (Wildman–Crippen LogP) is 13.5. The molecule has 2 aliphatic rings. The highest BCUT2D eigenvalue weighted by molar-refractivity contribution is 6.13. The van der Waals surface area contributed by atoms with Crippen molar-refractivity contribution in [3.63, 3.8) is 0 Å². The molecule has 0 fully saturated rings. The lowest BCUT2D eigenvalue weighted by atomic mass is 9.65. The van der Waals surface area contributed by atoms with Gasteiger partial charge in [-0.1, -0.05) is 176 Å². The number of fused-ring (bicyclic) bond motifs is 13. The first-order chi connectivity index (χ1) is 29.8. The Bertz CT molecular complexity index is 3440. The summed E-state index contributed by atoms with van der Waals surface area (Å²) in [5, 5.41) is 4.76. The van der Waals surface area contributed by atoms with Gasteiger partial charge in [0, 0.05) is 27.5 Å². The summed E-state index contributed by atoms with van der Waals surface area (Å²) in [7, 11) is 0. The zero-order valence-corrected chi connectivity index (χ0v) is 32.4. The molecule has 9 aromatic carbocycles. The summed E-state index contributed by atoms with van der Waals surface area (Å²) >= 11 is 0. The van der Waals surface area contributed by atoms with Crippen molar-refractivity contribution in [3.05, 3.63) is 229 Å². The summed E-state index contributed by atoms with van der Waals surface area (Å²) in [5.41, 5.74) is 16.1. The molecule has 0 atom stereocenters. The van der Waals surface area contributed by atoms with E-state index in [1.807, 2.05) is 36.4 Å². The molecule has 1 spiro atoms. The molecule has 2 aromatic heterocycles. The average Bonchev–Trinajstić information content (AvgIpc) is 3.82. The van der Waals surface area contributed by atoms with Crippen molar-refractivity contribution in [1.29, 1.82) is 0 Å². The molecule has 60 heavy (non-hydrogen) atoms. The quantitative estimate of drug-likeness (QED) is 0.179. The smallest absolute Gasteiger partial charge is 0.164 e. The zero-order valence-electron chi connectivity index (χ0n) is 32.4. The van der Waals surface area contributed by atoms with Gasteiger partial charge in [-0.15, -0.1) is 0 Å². The van der Waals surface area contributed by atoms with E-state index in [0.29, 0.717) is 17.5 Å². The van der Waals surface area contributed by atoms with E-state index < -0.39 is 5.41 Å². The first kappa shape index (κ1) is 33.1. The van der Waals surface area contributed by atoms with Gasteiger partial charge in [0.15, 0.2) is 17.5 Å². The van der Waals surface area contributed by atoms with Gasteiger partial charge in [0.05, 0.1) is 22.1 Å². The summed E-state index contributed by atoms with van der Waals surface area (Å²) < 4.78 is 2.51. The van der Waals surface area contributed by atoms with E-state index in [0.717, 1.165) is 38.6 Å². The molecule has 4 nitrogen and oxygen atoms in total. The maximum atomic E-state index is 5.21. The van der Waals surface area contributed by atoms with E-state index in [-0.39, 0.29) is 0 Å². The van der Waals surface area contributed by atoms with Crippen LogP contribution >= 0.6 is 0 Å². The van der Waals surface area contributed by atoms with E-state index in [1.165, 1.54) is 60.9 Å². The summed E-state index contributed by atoms with van der Waals surface area (Å²) in [6.07, 6.45) is 0. The van der Waals surface area contributed by atoms with E-state index in [1.54, 1.807) is 0 Å². The van der Waals surface area contributed by atoms with Crippen LogP contribution in [0.5, 0.6) is 0 Å². The van der Waals surface area contributed by atoms with Crippen LogP contribution < -0.4 is 0 Å². The lowest BCUT2D eigenvalue weighted by Gasteiger charge is -2.40. The number of nitrogens with zero attached hydrogens (tertiary/aromatic N) is 4. The van der Waals surface area contributed by atoms with Gasteiger partial charge in [-0.2, -0.15) is 0 Å². The van der Waals surface area contributed by atoms with Crippen LogP contribution in [-0.4, -0.2) is 19.5 Å². The van der Waals surface area contributed by atoms with Crippen LogP contribution in [0.25, 0.3) is 94.7 Å². The average molecular weight is 763 g/mol. The third-order valence-corrected chi connectivity index (χ3v) is 12.8. The van der Waals surface area contributed by atoms with E-state index in [2.05, 4.69) is 174 Å². The molecule has 0 saturated carbocycles.